The van der Waals surface area contributed by atoms with Crippen molar-refractivity contribution in [2.45, 2.75) is 0 Å². The lowest BCUT2D eigenvalue weighted by Gasteiger charge is -2.06. The van der Waals surface area contributed by atoms with E-state index in [0.29, 0.717) is 16.9 Å². The zero-order valence-corrected chi connectivity index (χ0v) is 10.9. The number of benzene rings is 1. The molecular formula is C16H12N2O2. The van der Waals surface area contributed by atoms with E-state index in [2.05, 4.69) is 9.97 Å². The van der Waals surface area contributed by atoms with Crippen molar-refractivity contribution in [3.05, 3.63) is 66.1 Å². The van der Waals surface area contributed by atoms with Crippen LogP contribution in [-0.4, -0.2) is 22.9 Å². The lowest BCUT2D eigenvalue weighted by atomic mass is 10.0. The summed E-state index contributed by atoms with van der Waals surface area (Å²) in [6.07, 6.45) is 4.75. The predicted octanol–water partition coefficient (Wildman–Crippen LogP) is 2.87. The second-order valence-electron chi connectivity index (χ2n) is 4.32. The predicted molar refractivity (Wildman–Crippen MR) is 76.0 cm³/mol. The van der Waals surface area contributed by atoms with Crippen molar-refractivity contribution in [2.24, 2.45) is 0 Å². The third-order valence-electron chi connectivity index (χ3n) is 3.10. The van der Waals surface area contributed by atoms with Crippen LogP contribution in [0, 0.1) is 0 Å². The molecule has 0 N–H and O–H groups in total. The Kier molecular flexibility index (Phi) is 3.13. The van der Waals surface area contributed by atoms with Gasteiger partial charge in [-0.3, -0.25) is 14.8 Å². The first-order valence-electron chi connectivity index (χ1n) is 6.17. The maximum atomic E-state index is 12.6. The van der Waals surface area contributed by atoms with Gasteiger partial charge in [0.05, 0.1) is 18.8 Å². The van der Waals surface area contributed by atoms with Crippen molar-refractivity contribution < 1.29 is 9.53 Å². The van der Waals surface area contributed by atoms with Gasteiger partial charge >= 0.3 is 0 Å². The molecule has 20 heavy (non-hydrogen) atoms. The maximum absolute atomic E-state index is 12.6. The Morgan fingerprint density at radius 3 is 2.85 bits per heavy atom. The molecule has 4 heteroatoms. The van der Waals surface area contributed by atoms with E-state index in [9.17, 15) is 4.79 Å². The summed E-state index contributed by atoms with van der Waals surface area (Å²) in [5.74, 6) is 0.476. The van der Waals surface area contributed by atoms with Gasteiger partial charge < -0.3 is 4.74 Å². The van der Waals surface area contributed by atoms with E-state index in [1.807, 2.05) is 24.3 Å². The molecule has 0 fully saturated rings. The van der Waals surface area contributed by atoms with Crippen molar-refractivity contribution in [3.63, 3.8) is 0 Å². The van der Waals surface area contributed by atoms with E-state index in [-0.39, 0.29) is 5.78 Å². The number of carbonyl (C=O) groups excluding carboxylic acids is 1. The van der Waals surface area contributed by atoms with Gasteiger partial charge in [-0.05, 0) is 18.2 Å². The fourth-order valence-corrected chi connectivity index (χ4v) is 2.10. The van der Waals surface area contributed by atoms with Gasteiger partial charge in [-0.1, -0.05) is 18.2 Å². The normalized spacial score (nSPS) is 10.4. The molecule has 0 saturated heterocycles. The summed E-state index contributed by atoms with van der Waals surface area (Å²) in [5, 5.41) is 0.836. The van der Waals surface area contributed by atoms with Crippen LogP contribution < -0.4 is 4.74 Å². The molecule has 0 spiro atoms. The number of nitrogens with zero attached hydrogens (tertiary/aromatic N) is 2. The van der Waals surface area contributed by atoms with Gasteiger partial charge in [0.25, 0.3) is 0 Å². The molecule has 3 rings (SSSR count). The summed E-state index contributed by atoms with van der Waals surface area (Å²) in [6, 6.07) is 11.0. The smallest absolute Gasteiger partial charge is 0.195 e. The number of fused-ring (bicyclic) bond motifs is 1. The van der Waals surface area contributed by atoms with Gasteiger partial charge in [0, 0.05) is 28.9 Å². The molecule has 0 unspecified atom stereocenters. The number of hydrogen-bond acceptors (Lipinski definition) is 4. The van der Waals surface area contributed by atoms with Crippen LogP contribution >= 0.6 is 0 Å². The number of carbonyl (C=O) groups is 1. The van der Waals surface area contributed by atoms with Crippen molar-refractivity contribution >= 4 is 16.7 Å². The topological polar surface area (TPSA) is 52.1 Å². The van der Waals surface area contributed by atoms with E-state index in [1.54, 1.807) is 37.8 Å². The van der Waals surface area contributed by atoms with Gasteiger partial charge in [0.1, 0.15) is 5.75 Å². The summed E-state index contributed by atoms with van der Waals surface area (Å²) in [7, 11) is 1.55. The van der Waals surface area contributed by atoms with Crippen molar-refractivity contribution in [3.8, 4) is 5.75 Å². The minimum absolute atomic E-state index is 0.0880. The van der Waals surface area contributed by atoms with E-state index < -0.39 is 0 Å². The fraction of sp³-hybridized carbons (Fsp3) is 0.0625. The van der Waals surface area contributed by atoms with E-state index in [4.69, 9.17) is 4.74 Å². The number of pyridine rings is 2. The maximum Gasteiger partial charge on any atom is 0.195 e. The van der Waals surface area contributed by atoms with Crippen LogP contribution in [0.1, 0.15) is 15.9 Å². The first-order valence-corrected chi connectivity index (χ1v) is 6.17. The molecule has 0 bridgehead atoms. The molecule has 0 aliphatic rings. The molecule has 3 aromatic rings. The van der Waals surface area contributed by atoms with Gasteiger partial charge in [-0.2, -0.15) is 0 Å². The SMILES string of the molecule is COc1cncc(C(=O)c2ccnc3ccccc23)c1. The van der Waals surface area contributed by atoms with Crippen molar-refractivity contribution in [1.29, 1.82) is 0 Å². The molecule has 0 aliphatic heterocycles. The molecule has 0 saturated carbocycles. The number of aromatic nitrogens is 2. The summed E-state index contributed by atoms with van der Waals surface area (Å²) in [4.78, 5) is 20.9. The molecule has 98 valence electrons. The minimum Gasteiger partial charge on any atom is -0.495 e. The zero-order chi connectivity index (χ0) is 13.9. The van der Waals surface area contributed by atoms with Gasteiger partial charge in [-0.25, -0.2) is 0 Å². The molecule has 0 radical (unpaired) electrons. The molecule has 4 nitrogen and oxygen atoms in total. The van der Waals surface area contributed by atoms with Crippen LogP contribution in [-0.2, 0) is 0 Å². The minimum atomic E-state index is -0.0880. The van der Waals surface area contributed by atoms with Crippen molar-refractivity contribution in [1.82, 2.24) is 9.97 Å². The molecule has 0 aliphatic carbocycles. The van der Waals surface area contributed by atoms with Gasteiger partial charge in [0.2, 0.25) is 0 Å². The first-order chi connectivity index (χ1) is 9.79. The Morgan fingerprint density at radius 2 is 2.00 bits per heavy atom. The highest BCUT2D eigenvalue weighted by molar-refractivity contribution is 6.15. The Labute approximate surface area is 116 Å². The second kappa shape index (κ2) is 5.09. The highest BCUT2D eigenvalue weighted by atomic mass is 16.5. The Bertz CT molecular complexity index is 779. The first kappa shape index (κ1) is 12.3. The van der Waals surface area contributed by atoms with Crippen LogP contribution in [0.25, 0.3) is 10.9 Å². The molecule has 0 amide bonds. The van der Waals surface area contributed by atoms with E-state index in [1.165, 1.54) is 0 Å². The molecule has 1 aromatic carbocycles. The zero-order valence-electron chi connectivity index (χ0n) is 10.9. The van der Waals surface area contributed by atoms with Crippen LogP contribution in [0.5, 0.6) is 5.75 Å². The fourth-order valence-electron chi connectivity index (χ4n) is 2.10. The van der Waals surface area contributed by atoms with Crippen LogP contribution in [0.15, 0.2) is 55.0 Å². The number of ether oxygens (including phenoxy) is 1. The quantitative estimate of drug-likeness (QED) is 0.682. The lowest BCUT2D eigenvalue weighted by Crippen LogP contribution is -2.03. The number of rotatable bonds is 3. The van der Waals surface area contributed by atoms with Gasteiger partial charge in [-0.15, -0.1) is 0 Å². The standard InChI is InChI=1S/C16H12N2O2/c1-20-12-8-11(9-17-10-12)16(19)14-6-7-18-15-5-3-2-4-13(14)15/h2-10H,1H3. The summed E-state index contributed by atoms with van der Waals surface area (Å²) >= 11 is 0. The number of para-hydroxylation sites is 1. The number of methoxy groups -OCH3 is 1. The molecular weight excluding hydrogens is 252 g/mol. The highest BCUT2D eigenvalue weighted by Crippen LogP contribution is 2.20. The van der Waals surface area contributed by atoms with E-state index in [0.717, 1.165) is 10.9 Å². The van der Waals surface area contributed by atoms with E-state index >= 15 is 0 Å². The molecule has 2 aromatic heterocycles. The lowest BCUT2D eigenvalue weighted by molar-refractivity contribution is 0.103. The molecule has 0 atom stereocenters. The summed E-state index contributed by atoms with van der Waals surface area (Å²) in [5.41, 5.74) is 1.92. The number of ketones is 1. The number of hydrogen-bond donors (Lipinski definition) is 0. The monoisotopic (exact) mass is 264 g/mol. The molecule has 2 heterocycles. The average Bonchev–Trinajstić information content (AvgIpc) is 2.53. The second-order valence-corrected chi connectivity index (χ2v) is 4.32. The Balaban J connectivity index is 2.12. The Morgan fingerprint density at radius 1 is 1.15 bits per heavy atom. The highest BCUT2D eigenvalue weighted by Gasteiger charge is 2.13. The van der Waals surface area contributed by atoms with Crippen molar-refractivity contribution in [2.75, 3.05) is 7.11 Å². The summed E-state index contributed by atoms with van der Waals surface area (Å²) < 4.78 is 5.10. The third kappa shape index (κ3) is 2.12. The van der Waals surface area contributed by atoms with Gasteiger partial charge in [0.15, 0.2) is 5.78 Å². The van der Waals surface area contributed by atoms with Crippen LogP contribution in [0.2, 0.25) is 0 Å². The summed E-state index contributed by atoms with van der Waals surface area (Å²) in [6.45, 7) is 0. The van der Waals surface area contributed by atoms with Crippen LogP contribution in [0.3, 0.4) is 0 Å². The van der Waals surface area contributed by atoms with Crippen LogP contribution in [0.4, 0.5) is 0 Å². The largest absolute Gasteiger partial charge is 0.495 e. The average molecular weight is 264 g/mol. The third-order valence-corrected chi connectivity index (χ3v) is 3.10. The Hall–Kier alpha value is -2.75.